The van der Waals surface area contributed by atoms with Gasteiger partial charge in [-0.25, -0.2) is 0 Å². The van der Waals surface area contributed by atoms with Crippen molar-refractivity contribution in [2.24, 2.45) is 10.9 Å². The standard InChI is InChI=1S/C20H30N6/c1-16-5-7-19(8-6-16)25-12-9-18(15-25)24-20(21-3)22-13-17(2)14-26-11-4-10-23-26/h4-8,10-11,17-18H,9,12-15H2,1-3H3,(H2,21,22,24). The summed E-state index contributed by atoms with van der Waals surface area (Å²) in [5.41, 5.74) is 2.60. The maximum atomic E-state index is 4.38. The van der Waals surface area contributed by atoms with E-state index >= 15 is 0 Å². The highest BCUT2D eigenvalue weighted by Gasteiger charge is 2.23. The fourth-order valence-corrected chi connectivity index (χ4v) is 3.32. The Hall–Kier alpha value is -2.50. The van der Waals surface area contributed by atoms with Crippen molar-refractivity contribution in [2.45, 2.75) is 32.9 Å². The molecule has 0 aliphatic carbocycles. The Kier molecular flexibility index (Phi) is 6.15. The number of hydrogen-bond acceptors (Lipinski definition) is 3. The van der Waals surface area contributed by atoms with Gasteiger partial charge in [-0.1, -0.05) is 24.6 Å². The third-order valence-electron chi connectivity index (χ3n) is 4.83. The van der Waals surface area contributed by atoms with Crippen molar-refractivity contribution < 1.29 is 0 Å². The molecule has 0 bridgehead atoms. The van der Waals surface area contributed by atoms with Crippen LogP contribution < -0.4 is 15.5 Å². The highest BCUT2D eigenvalue weighted by atomic mass is 15.3. The van der Waals surface area contributed by atoms with E-state index in [0.29, 0.717) is 12.0 Å². The normalized spacial score (nSPS) is 18.8. The molecule has 2 unspecified atom stereocenters. The fourth-order valence-electron chi connectivity index (χ4n) is 3.32. The van der Waals surface area contributed by atoms with Crippen LogP contribution in [0.3, 0.4) is 0 Å². The summed E-state index contributed by atoms with van der Waals surface area (Å²) in [6.07, 6.45) is 4.94. The number of nitrogens with zero attached hydrogens (tertiary/aromatic N) is 4. The molecule has 0 saturated carbocycles. The van der Waals surface area contributed by atoms with Gasteiger partial charge in [0.15, 0.2) is 5.96 Å². The first-order valence-corrected chi connectivity index (χ1v) is 9.40. The predicted molar refractivity (Wildman–Crippen MR) is 108 cm³/mol. The molecule has 1 aliphatic rings. The van der Waals surface area contributed by atoms with E-state index in [0.717, 1.165) is 38.6 Å². The van der Waals surface area contributed by atoms with Gasteiger partial charge in [0.1, 0.15) is 0 Å². The van der Waals surface area contributed by atoms with Gasteiger partial charge < -0.3 is 15.5 Å². The summed E-state index contributed by atoms with van der Waals surface area (Å²) in [6, 6.07) is 11.2. The van der Waals surface area contributed by atoms with Crippen LogP contribution in [0.1, 0.15) is 18.9 Å². The number of anilines is 1. The van der Waals surface area contributed by atoms with Crippen LogP contribution in [-0.2, 0) is 6.54 Å². The lowest BCUT2D eigenvalue weighted by atomic mass is 10.2. The smallest absolute Gasteiger partial charge is 0.191 e. The Morgan fingerprint density at radius 1 is 1.35 bits per heavy atom. The minimum atomic E-state index is 0.420. The Morgan fingerprint density at radius 3 is 2.85 bits per heavy atom. The number of aryl methyl sites for hydroxylation is 1. The van der Waals surface area contributed by atoms with Gasteiger partial charge in [0.25, 0.3) is 0 Å². The molecular weight excluding hydrogens is 324 g/mol. The molecule has 1 aliphatic heterocycles. The van der Waals surface area contributed by atoms with Crippen molar-refractivity contribution in [3.05, 3.63) is 48.3 Å². The van der Waals surface area contributed by atoms with Crippen molar-refractivity contribution in [3.8, 4) is 0 Å². The van der Waals surface area contributed by atoms with E-state index in [1.54, 1.807) is 0 Å². The van der Waals surface area contributed by atoms with Crippen LogP contribution in [-0.4, -0.2) is 48.5 Å². The molecule has 0 amide bonds. The number of aromatic nitrogens is 2. The minimum Gasteiger partial charge on any atom is -0.369 e. The minimum absolute atomic E-state index is 0.420. The highest BCUT2D eigenvalue weighted by molar-refractivity contribution is 5.80. The van der Waals surface area contributed by atoms with Gasteiger partial charge in [0.2, 0.25) is 0 Å². The Labute approximate surface area is 156 Å². The van der Waals surface area contributed by atoms with Gasteiger partial charge in [-0.3, -0.25) is 9.67 Å². The van der Waals surface area contributed by atoms with Crippen LogP contribution in [0, 0.1) is 12.8 Å². The van der Waals surface area contributed by atoms with E-state index in [4.69, 9.17) is 0 Å². The molecule has 1 saturated heterocycles. The Balaban J connectivity index is 1.44. The summed E-state index contributed by atoms with van der Waals surface area (Å²) in [7, 11) is 1.83. The summed E-state index contributed by atoms with van der Waals surface area (Å²) in [6.45, 7) is 8.20. The molecule has 1 fully saturated rings. The third-order valence-corrected chi connectivity index (χ3v) is 4.83. The second kappa shape index (κ2) is 8.74. The van der Waals surface area contributed by atoms with Gasteiger partial charge in [0, 0.05) is 57.3 Å². The lowest BCUT2D eigenvalue weighted by Gasteiger charge is -2.21. The Morgan fingerprint density at radius 2 is 2.15 bits per heavy atom. The number of hydrogen-bond donors (Lipinski definition) is 2. The summed E-state index contributed by atoms with van der Waals surface area (Å²) in [5, 5.41) is 11.3. The molecule has 1 aromatic heterocycles. The average Bonchev–Trinajstić information content (AvgIpc) is 3.31. The lowest BCUT2D eigenvalue weighted by molar-refractivity contribution is 0.442. The molecule has 3 rings (SSSR count). The van der Waals surface area contributed by atoms with Gasteiger partial charge in [-0.15, -0.1) is 0 Å². The number of benzene rings is 1. The van der Waals surface area contributed by atoms with Crippen LogP contribution in [0.25, 0.3) is 0 Å². The van der Waals surface area contributed by atoms with Crippen LogP contribution in [0.5, 0.6) is 0 Å². The molecule has 2 heterocycles. The molecule has 2 N–H and O–H groups in total. The average molecular weight is 355 g/mol. The zero-order chi connectivity index (χ0) is 18.4. The summed E-state index contributed by atoms with van der Waals surface area (Å²) in [5.74, 6) is 1.36. The van der Waals surface area contributed by atoms with Gasteiger partial charge in [-0.2, -0.15) is 5.10 Å². The second-order valence-electron chi connectivity index (χ2n) is 7.20. The zero-order valence-electron chi connectivity index (χ0n) is 16.0. The Bertz CT molecular complexity index is 692. The first-order valence-electron chi connectivity index (χ1n) is 9.40. The summed E-state index contributed by atoms with van der Waals surface area (Å²) < 4.78 is 1.97. The van der Waals surface area contributed by atoms with Crippen molar-refractivity contribution in [2.75, 3.05) is 31.6 Å². The zero-order valence-corrected chi connectivity index (χ0v) is 16.0. The fraction of sp³-hybridized carbons (Fsp3) is 0.500. The molecule has 0 spiro atoms. The van der Waals surface area contributed by atoms with Gasteiger partial charge in [-0.05, 0) is 37.5 Å². The first-order chi connectivity index (χ1) is 12.6. The van der Waals surface area contributed by atoms with E-state index in [1.807, 2.05) is 30.2 Å². The van der Waals surface area contributed by atoms with Crippen LogP contribution in [0.15, 0.2) is 47.7 Å². The molecule has 1 aromatic carbocycles. The SMILES string of the molecule is CN=C(NCC(C)Cn1cccn1)NC1CCN(c2ccc(C)cc2)C1. The monoisotopic (exact) mass is 354 g/mol. The molecular formula is C20H30N6. The quantitative estimate of drug-likeness (QED) is 0.617. The maximum absolute atomic E-state index is 4.38. The summed E-state index contributed by atoms with van der Waals surface area (Å²) >= 11 is 0. The molecule has 2 atom stereocenters. The van der Waals surface area contributed by atoms with Crippen molar-refractivity contribution >= 4 is 11.6 Å². The molecule has 140 valence electrons. The van der Waals surface area contributed by atoms with Crippen LogP contribution >= 0.6 is 0 Å². The van der Waals surface area contributed by atoms with Gasteiger partial charge in [0.05, 0.1) is 0 Å². The maximum Gasteiger partial charge on any atom is 0.191 e. The van der Waals surface area contributed by atoms with E-state index < -0.39 is 0 Å². The van der Waals surface area contributed by atoms with Gasteiger partial charge >= 0.3 is 0 Å². The second-order valence-corrected chi connectivity index (χ2v) is 7.20. The van der Waals surface area contributed by atoms with E-state index in [2.05, 4.69) is 63.7 Å². The molecule has 6 nitrogen and oxygen atoms in total. The van der Waals surface area contributed by atoms with E-state index in [1.165, 1.54) is 11.3 Å². The highest BCUT2D eigenvalue weighted by Crippen LogP contribution is 2.20. The first kappa shape index (κ1) is 18.3. The van der Waals surface area contributed by atoms with Crippen molar-refractivity contribution in [1.82, 2.24) is 20.4 Å². The van der Waals surface area contributed by atoms with Crippen LogP contribution in [0.2, 0.25) is 0 Å². The largest absolute Gasteiger partial charge is 0.369 e. The summed E-state index contributed by atoms with van der Waals surface area (Å²) in [4.78, 5) is 6.82. The molecule has 0 radical (unpaired) electrons. The number of nitrogens with one attached hydrogen (secondary N) is 2. The topological polar surface area (TPSA) is 57.5 Å². The van der Waals surface area contributed by atoms with Crippen molar-refractivity contribution in [1.29, 1.82) is 0 Å². The predicted octanol–water partition coefficient (Wildman–Crippen LogP) is 2.27. The third kappa shape index (κ3) is 5.00. The van der Waals surface area contributed by atoms with E-state index in [9.17, 15) is 0 Å². The number of aliphatic imine (C=N–C) groups is 1. The lowest BCUT2D eigenvalue weighted by Crippen LogP contribution is -2.46. The van der Waals surface area contributed by atoms with Crippen molar-refractivity contribution in [3.63, 3.8) is 0 Å². The molecule has 2 aromatic rings. The molecule has 26 heavy (non-hydrogen) atoms. The van der Waals surface area contributed by atoms with Crippen LogP contribution in [0.4, 0.5) is 5.69 Å². The number of guanidine groups is 1. The number of rotatable bonds is 6. The van der Waals surface area contributed by atoms with E-state index in [-0.39, 0.29) is 0 Å². The molecule has 6 heteroatoms.